The lowest BCUT2D eigenvalue weighted by Gasteiger charge is -2.10. The zero-order valence-corrected chi connectivity index (χ0v) is 13.8. The number of hydrogen-bond acceptors (Lipinski definition) is 5. The van der Waals surface area contributed by atoms with Gasteiger partial charge in [-0.05, 0) is 45.8 Å². The van der Waals surface area contributed by atoms with Crippen LogP contribution in [0.4, 0.5) is 5.69 Å². The molecule has 2 aromatic rings. The van der Waals surface area contributed by atoms with Gasteiger partial charge in [0.1, 0.15) is 0 Å². The Kier molecular flexibility index (Phi) is 5.55. The molecule has 0 saturated heterocycles. The number of ether oxygens (including phenoxy) is 2. The number of rotatable bonds is 5. The Morgan fingerprint density at radius 3 is 2.64 bits per heavy atom. The molecule has 0 aromatic heterocycles. The van der Waals surface area contributed by atoms with Crippen LogP contribution in [0.15, 0.2) is 52.0 Å². The summed E-state index contributed by atoms with van der Waals surface area (Å²) >= 11 is 3.36. The van der Waals surface area contributed by atoms with Crippen LogP contribution >= 0.6 is 15.9 Å². The highest BCUT2D eigenvalue weighted by molar-refractivity contribution is 9.10. The normalized spacial score (nSPS) is 10.5. The summed E-state index contributed by atoms with van der Waals surface area (Å²) in [6.07, 6.45) is 1.65. The van der Waals surface area contributed by atoms with Crippen molar-refractivity contribution in [3.8, 4) is 11.5 Å². The summed E-state index contributed by atoms with van der Waals surface area (Å²) in [5.41, 5.74) is 4.61. The average molecular weight is 363 g/mol. The number of nitrogens with one attached hydrogen (secondary N) is 1. The second-order valence-electron chi connectivity index (χ2n) is 4.36. The van der Waals surface area contributed by atoms with Crippen molar-refractivity contribution < 1.29 is 14.3 Å². The van der Waals surface area contributed by atoms with Crippen LogP contribution in [0.1, 0.15) is 12.5 Å². The van der Waals surface area contributed by atoms with Crippen molar-refractivity contribution in [3.05, 3.63) is 52.5 Å². The topological polar surface area (TPSA) is 59.9 Å². The monoisotopic (exact) mass is 362 g/mol. The van der Waals surface area contributed by atoms with Crippen LogP contribution in [0.25, 0.3) is 0 Å². The van der Waals surface area contributed by atoms with Crippen LogP contribution in [0, 0.1) is 0 Å². The molecule has 22 heavy (non-hydrogen) atoms. The van der Waals surface area contributed by atoms with Crippen molar-refractivity contribution >= 4 is 33.8 Å². The second kappa shape index (κ2) is 7.61. The fourth-order valence-corrected chi connectivity index (χ4v) is 2.29. The molecule has 2 rings (SSSR count). The first-order valence-electron chi connectivity index (χ1n) is 6.50. The van der Waals surface area contributed by atoms with Crippen molar-refractivity contribution in [3.63, 3.8) is 0 Å². The van der Waals surface area contributed by atoms with Gasteiger partial charge >= 0.3 is 5.97 Å². The number of methoxy groups -OCH3 is 1. The lowest BCUT2D eigenvalue weighted by Crippen LogP contribution is -2.04. The number of esters is 1. The Morgan fingerprint density at radius 1 is 1.27 bits per heavy atom. The molecule has 5 nitrogen and oxygen atoms in total. The number of nitrogens with zero attached hydrogens (tertiary/aromatic N) is 1. The molecular weight excluding hydrogens is 348 g/mol. The molecule has 2 aromatic carbocycles. The molecule has 0 spiro atoms. The minimum absolute atomic E-state index is 0.350. The predicted octanol–water partition coefficient (Wildman–Crippen LogP) is 3.83. The average Bonchev–Trinajstić information content (AvgIpc) is 2.50. The summed E-state index contributed by atoms with van der Waals surface area (Å²) in [5, 5.41) is 4.16. The van der Waals surface area contributed by atoms with Gasteiger partial charge in [0.2, 0.25) is 0 Å². The minimum Gasteiger partial charge on any atom is -0.493 e. The molecule has 6 heteroatoms. The van der Waals surface area contributed by atoms with E-state index in [0.717, 1.165) is 11.3 Å². The predicted molar refractivity (Wildman–Crippen MR) is 89.7 cm³/mol. The van der Waals surface area contributed by atoms with Gasteiger partial charge < -0.3 is 9.47 Å². The zero-order chi connectivity index (χ0) is 15.9. The summed E-state index contributed by atoms with van der Waals surface area (Å²) in [6, 6.07) is 13.1. The van der Waals surface area contributed by atoms with E-state index >= 15 is 0 Å². The van der Waals surface area contributed by atoms with Crippen molar-refractivity contribution in [1.29, 1.82) is 0 Å². The molecule has 0 saturated carbocycles. The van der Waals surface area contributed by atoms with E-state index in [0.29, 0.717) is 16.0 Å². The molecule has 0 aliphatic rings. The van der Waals surface area contributed by atoms with Gasteiger partial charge in [-0.3, -0.25) is 10.2 Å². The molecular formula is C16H15BrN2O3. The molecule has 0 heterocycles. The second-order valence-corrected chi connectivity index (χ2v) is 5.22. The first kappa shape index (κ1) is 16.0. The van der Waals surface area contributed by atoms with Gasteiger partial charge in [0.15, 0.2) is 11.5 Å². The van der Waals surface area contributed by atoms with E-state index in [1.165, 1.54) is 14.0 Å². The number of hydrogen-bond donors (Lipinski definition) is 1. The zero-order valence-electron chi connectivity index (χ0n) is 12.2. The maximum atomic E-state index is 11.1. The van der Waals surface area contributed by atoms with Crippen LogP contribution in [0.2, 0.25) is 0 Å². The van der Waals surface area contributed by atoms with Crippen LogP contribution in [-0.2, 0) is 4.79 Å². The Balaban J connectivity index is 2.18. The third kappa shape index (κ3) is 4.33. The number of carbonyl (C=O) groups is 1. The largest absolute Gasteiger partial charge is 0.493 e. The van der Waals surface area contributed by atoms with Gasteiger partial charge in [-0.1, -0.05) is 18.2 Å². The standard InChI is InChI=1S/C16H15BrN2O3/c1-11(20)22-16-14(17)8-12(9-15(16)21-2)10-18-19-13-6-4-3-5-7-13/h3-10,19H,1-2H3. The summed E-state index contributed by atoms with van der Waals surface area (Å²) in [4.78, 5) is 11.1. The number of hydrazone groups is 1. The summed E-state index contributed by atoms with van der Waals surface area (Å²) in [5.74, 6) is 0.389. The number of benzene rings is 2. The van der Waals surface area contributed by atoms with E-state index in [4.69, 9.17) is 9.47 Å². The smallest absolute Gasteiger partial charge is 0.308 e. The highest BCUT2D eigenvalue weighted by Crippen LogP contribution is 2.36. The van der Waals surface area contributed by atoms with Gasteiger partial charge in [0, 0.05) is 6.92 Å². The van der Waals surface area contributed by atoms with Gasteiger partial charge in [0.25, 0.3) is 0 Å². The highest BCUT2D eigenvalue weighted by atomic mass is 79.9. The summed E-state index contributed by atoms with van der Waals surface area (Å²) < 4.78 is 11.0. The van der Waals surface area contributed by atoms with Crippen molar-refractivity contribution in [2.75, 3.05) is 12.5 Å². The molecule has 0 radical (unpaired) electrons. The van der Waals surface area contributed by atoms with E-state index in [2.05, 4.69) is 26.5 Å². The van der Waals surface area contributed by atoms with Crippen LogP contribution in [0.3, 0.4) is 0 Å². The molecule has 0 bridgehead atoms. The first-order chi connectivity index (χ1) is 10.6. The van der Waals surface area contributed by atoms with Crippen LogP contribution in [-0.4, -0.2) is 19.3 Å². The number of para-hydroxylation sites is 1. The van der Waals surface area contributed by atoms with Gasteiger partial charge in [-0.15, -0.1) is 0 Å². The first-order valence-corrected chi connectivity index (χ1v) is 7.29. The third-order valence-electron chi connectivity index (χ3n) is 2.68. The van der Waals surface area contributed by atoms with E-state index in [9.17, 15) is 4.79 Å². The maximum Gasteiger partial charge on any atom is 0.308 e. The van der Waals surface area contributed by atoms with Crippen molar-refractivity contribution in [2.24, 2.45) is 5.10 Å². The summed E-state index contributed by atoms with van der Waals surface area (Å²) in [7, 11) is 1.51. The Bertz CT molecular complexity index is 687. The molecule has 0 atom stereocenters. The van der Waals surface area contributed by atoms with Crippen LogP contribution in [0.5, 0.6) is 11.5 Å². The molecule has 0 aliphatic heterocycles. The van der Waals surface area contributed by atoms with Gasteiger partial charge in [0.05, 0.1) is 23.5 Å². The van der Waals surface area contributed by atoms with Gasteiger partial charge in [-0.25, -0.2) is 0 Å². The quantitative estimate of drug-likeness (QED) is 0.380. The fourth-order valence-electron chi connectivity index (χ4n) is 1.75. The molecule has 114 valence electrons. The van der Waals surface area contributed by atoms with Crippen molar-refractivity contribution in [1.82, 2.24) is 0 Å². The molecule has 1 N–H and O–H groups in total. The van der Waals surface area contributed by atoms with E-state index in [1.807, 2.05) is 30.3 Å². The highest BCUT2D eigenvalue weighted by Gasteiger charge is 2.13. The van der Waals surface area contributed by atoms with Crippen molar-refractivity contribution in [2.45, 2.75) is 6.92 Å². The molecule has 0 fully saturated rings. The fraction of sp³-hybridized carbons (Fsp3) is 0.125. The summed E-state index contributed by atoms with van der Waals surface area (Å²) in [6.45, 7) is 1.34. The Morgan fingerprint density at radius 2 is 2.00 bits per heavy atom. The maximum absolute atomic E-state index is 11.1. The Labute approximate surface area is 137 Å². The SMILES string of the molecule is COc1cc(C=NNc2ccccc2)cc(Br)c1OC(C)=O. The molecule has 0 unspecified atom stereocenters. The number of halogens is 1. The Hall–Kier alpha value is -2.34. The van der Waals surface area contributed by atoms with E-state index in [1.54, 1.807) is 18.3 Å². The third-order valence-corrected chi connectivity index (χ3v) is 3.27. The number of carbonyl (C=O) groups excluding carboxylic acids is 1. The lowest BCUT2D eigenvalue weighted by atomic mass is 10.2. The van der Waals surface area contributed by atoms with E-state index in [-0.39, 0.29) is 0 Å². The molecule has 0 amide bonds. The van der Waals surface area contributed by atoms with E-state index < -0.39 is 5.97 Å². The van der Waals surface area contributed by atoms with Crippen LogP contribution < -0.4 is 14.9 Å². The number of anilines is 1. The lowest BCUT2D eigenvalue weighted by molar-refractivity contribution is -0.132. The molecule has 0 aliphatic carbocycles. The van der Waals surface area contributed by atoms with Gasteiger partial charge in [-0.2, -0.15) is 5.10 Å². The minimum atomic E-state index is -0.411.